The molecule has 1 amide bonds. The summed E-state index contributed by atoms with van der Waals surface area (Å²) in [5, 5.41) is 2.89. The number of thiazole rings is 1. The molecule has 3 rings (SSSR count). The van der Waals surface area contributed by atoms with Gasteiger partial charge in [-0.1, -0.05) is 25.1 Å². The zero-order valence-corrected chi connectivity index (χ0v) is 14.7. The van der Waals surface area contributed by atoms with Gasteiger partial charge in [-0.3, -0.25) is 9.69 Å². The van der Waals surface area contributed by atoms with E-state index in [9.17, 15) is 4.79 Å². The van der Waals surface area contributed by atoms with Gasteiger partial charge in [0.2, 0.25) is 5.91 Å². The number of carbonyl (C=O) groups excluding carboxylic acids is 1. The molecule has 1 aromatic carbocycles. The SMILES string of the molecule is CCN1CCC(Cc2nccs2)(C(N)=O)CC1Oc1ccccc1. The van der Waals surface area contributed by atoms with Gasteiger partial charge in [-0.05, 0) is 25.1 Å². The van der Waals surface area contributed by atoms with Crippen molar-refractivity contribution in [3.05, 3.63) is 46.9 Å². The summed E-state index contributed by atoms with van der Waals surface area (Å²) in [6.45, 7) is 3.78. The molecule has 2 aromatic rings. The number of primary amides is 1. The van der Waals surface area contributed by atoms with Gasteiger partial charge in [0.1, 0.15) is 5.75 Å². The summed E-state index contributed by atoms with van der Waals surface area (Å²) in [5.41, 5.74) is 5.23. The van der Waals surface area contributed by atoms with Crippen LogP contribution in [0.2, 0.25) is 0 Å². The van der Waals surface area contributed by atoms with Crippen molar-refractivity contribution in [2.75, 3.05) is 13.1 Å². The number of para-hydroxylation sites is 1. The number of piperidine rings is 1. The van der Waals surface area contributed by atoms with E-state index in [1.165, 1.54) is 0 Å². The Bertz CT molecular complexity index is 662. The van der Waals surface area contributed by atoms with Gasteiger partial charge in [0.05, 0.1) is 10.4 Å². The lowest BCUT2D eigenvalue weighted by Crippen LogP contribution is -2.54. The Morgan fingerprint density at radius 1 is 1.46 bits per heavy atom. The predicted molar refractivity (Wildman–Crippen MR) is 94.8 cm³/mol. The van der Waals surface area contributed by atoms with E-state index in [1.807, 2.05) is 35.7 Å². The van der Waals surface area contributed by atoms with E-state index >= 15 is 0 Å². The van der Waals surface area contributed by atoms with Crippen LogP contribution in [0.4, 0.5) is 0 Å². The lowest BCUT2D eigenvalue weighted by Gasteiger charge is -2.44. The first-order valence-corrected chi connectivity index (χ1v) is 9.15. The number of nitrogens with zero attached hydrogens (tertiary/aromatic N) is 2. The third-order valence-electron chi connectivity index (χ3n) is 4.77. The van der Waals surface area contributed by atoms with Gasteiger partial charge in [0, 0.05) is 31.0 Å². The normalized spacial score (nSPS) is 24.6. The van der Waals surface area contributed by atoms with Crippen LogP contribution in [-0.2, 0) is 11.2 Å². The second kappa shape index (κ2) is 7.32. The van der Waals surface area contributed by atoms with Gasteiger partial charge in [-0.2, -0.15) is 0 Å². The minimum absolute atomic E-state index is 0.154. The maximum atomic E-state index is 12.3. The van der Waals surface area contributed by atoms with Crippen LogP contribution in [0.1, 0.15) is 24.8 Å². The van der Waals surface area contributed by atoms with Crippen molar-refractivity contribution in [1.82, 2.24) is 9.88 Å². The topological polar surface area (TPSA) is 68.5 Å². The number of nitrogens with two attached hydrogens (primary N) is 1. The van der Waals surface area contributed by atoms with Gasteiger partial charge < -0.3 is 10.5 Å². The van der Waals surface area contributed by atoms with Crippen molar-refractivity contribution in [2.45, 2.75) is 32.4 Å². The molecule has 0 saturated carbocycles. The highest BCUT2D eigenvalue weighted by Gasteiger charge is 2.45. The molecule has 0 spiro atoms. The quantitative estimate of drug-likeness (QED) is 0.874. The smallest absolute Gasteiger partial charge is 0.224 e. The predicted octanol–water partition coefficient (Wildman–Crippen LogP) is 2.68. The van der Waals surface area contributed by atoms with E-state index in [1.54, 1.807) is 17.5 Å². The Morgan fingerprint density at radius 2 is 2.25 bits per heavy atom. The Kier molecular flexibility index (Phi) is 5.16. The number of aromatic nitrogens is 1. The van der Waals surface area contributed by atoms with Gasteiger partial charge in [0.25, 0.3) is 0 Å². The molecule has 2 unspecified atom stereocenters. The number of amides is 1. The highest BCUT2D eigenvalue weighted by atomic mass is 32.1. The molecule has 0 aliphatic carbocycles. The molecule has 2 heterocycles. The summed E-state index contributed by atoms with van der Waals surface area (Å²) >= 11 is 1.57. The Hall–Kier alpha value is -1.92. The molecular formula is C18H23N3O2S. The Morgan fingerprint density at radius 3 is 2.88 bits per heavy atom. The number of carbonyl (C=O) groups is 1. The maximum absolute atomic E-state index is 12.3. The zero-order chi connectivity index (χ0) is 17.0. The molecule has 24 heavy (non-hydrogen) atoms. The summed E-state index contributed by atoms with van der Waals surface area (Å²) < 4.78 is 6.18. The second-order valence-electron chi connectivity index (χ2n) is 6.22. The fourth-order valence-corrected chi connectivity index (χ4v) is 4.06. The minimum atomic E-state index is -0.594. The first kappa shape index (κ1) is 16.9. The lowest BCUT2D eigenvalue weighted by molar-refractivity contribution is -0.137. The molecule has 1 aliphatic heterocycles. The Labute approximate surface area is 146 Å². The third-order valence-corrected chi connectivity index (χ3v) is 5.55. The van der Waals surface area contributed by atoms with Crippen molar-refractivity contribution in [3.8, 4) is 5.75 Å². The van der Waals surface area contributed by atoms with E-state index in [2.05, 4.69) is 16.8 Å². The first-order chi connectivity index (χ1) is 11.6. The van der Waals surface area contributed by atoms with Crippen LogP contribution >= 0.6 is 11.3 Å². The first-order valence-electron chi connectivity index (χ1n) is 8.27. The van der Waals surface area contributed by atoms with Gasteiger partial charge in [0.15, 0.2) is 6.23 Å². The van der Waals surface area contributed by atoms with Crippen molar-refractivity contribution < 1.29 is 9.53 Å². The number of ether oxygens (including phenoxy) is 1. The van der Waals surface area contributed by atoms with Gasteiger partial charge >= 0.3 is 0 Å². The fourth-order valence-electron chi connectivity index (χ4n) is 3.30. The summed E-state index contributed by atoms with van der Waals surface area (Å²) in [5.74, 6) is 0.561. The molecule has 2 atom stereocenters. The van der Waals surface area contributed by atoms with Crippen LogP contribution in [0.5, 0.6) is 5.75 Å². The van der Waals surface area contributed by atoms with Crippen LogP contribution < -0.4 is 10.5 Å². The van der Waals surface area contributed by atoms with Crippen LogP contribution in [0.15, 0.2) is 41.9 Å². The molecule has 1 aromatic heterocycles. The summed E-state index contributed by atoms with van der Waals surface area (Å²) in [6, 6.07) is 9.74. The van der Waals surface area contributed by atoms with Gasteiger partial charge in [-0.15, -0.1) is 11.3 Å². The molecule has 1 saturated heterocycles. The standard InChI is InChI=1S/C18H23N3O2S/c1-2-21-10-8-18(17(19)22,12-15-20-9-11-24-15)13-16(21)23-14-6-4-3-5-7-14/h3-7,9,11,16H,2,8,10,12-13H2,1H3,(H2,19,22). The molecule has 1 aliphatic rings. The average molecular weight is 345 g/mol. The van der Waals surface area contributed by atoms with Gasteiger partial charge in [-0.25, -0.2) is 4.98 Å². The molecule has 128 valence electrons. The number of benzene rings is 1. The van der Waals surface area contributed by atoms with E-state index in [-0.39, 0.29) is 12.1 Å². The summed E-state index contributed by atoms with van der Waals surface area (Å²) in [7, 11) is 0. The second-order valence-corrected chi connectivity index (χ2v) is 7.19. The Balaban J connectivity index is 1.82. The van der Waals surface area contributed by atoms with Crippen LogP contribution in [0.25, 0.3) is 0 Å². The van der Waals surface area contributed by atoms with E-state index < -0.39 is 5.41 Å². The molecular weight excluding hydrogens is 322 g/mol. The van der Waals surface area contributed by atoms with E-state index in [4.69, 9.17) is 10.5 Å². The number of hydrogen-bond donors (Lipinski definition) is 1. The van der Waals surface area contributed by atoms with Crippen molar-refractivity contribution in [3.63, 3.8) is 0 Å². The van der Waals surface area contributed by atoms with Crippen molar-refractivity contribution >= 4 is 17.2 Å². The molecule has 2 N–H and O–H groups in total. The zero-order valence-electron chi connectivity index (χ0n) is 13.9. The number of likely N-dealkylation sites (tertiary alicyclic amines) is 1. The molecule has 5 nitrogen and oxygen atoms in total. The largest absolute Gasteiger partial charge is 0.475 e. The average Bonchev–Trinajstić information content (AvgIpc) is 3.09. The number of hydrogen-bond acceptors (Lipinski definition) is 5. The van der Waals surface area contributed by atoms with Crippen LogP contribution in [0, 0.1) is 5.41 Å². The van der Waals surface area contributed by atoms with Crippen molar-refractivity contribution in [2.24, 2.45) is 11.1 Å². The minimum Gasteiger partial charge on any atom is -0.475 e. The van der Waals surface area contributed by atoms with E-state index in [0.29, 0.717) is 12.8 Å². The highest BCUT2D eigenvalue weighted by Crippen LogP contribution is 2.39. The van der Waals surface area contributed by atoms with E-state index in [0.717, 1.165) is 30.3 Å². The molecule has 1 fully saturated rings. The van der Waals surface area contributed by atoms with Crippen LogP contribution in [0.3, 0.4) is 0 Å². The summed E-state index contributed by atoms with van der Waals surface area (Å²) in [4.78, 5) is 18.9. The third kappa shape index (κ3) is 3.60. The highest BCUT2D eigenvalue weighted by molar-refractivity contribution is 7.09. The lowest BCUT2D eigenvalue weighted by atomic mass is 9.74. The molecule has 0 bridgehead atoms. The van der Waals surface area contributed by atoms with Crippen molar-refractivity contribution in [1.29, 1.82) is 0 Å². The maximum Gasteiger partial charge on any atom is 0.224 e. The molecule has 0 radical (unpaired) electrons. The number of rotatable bonds is 6. The monoisotopic (exact) mass is 345 g/mol. The summed E-state index contributed by atoms with van der Waals surface area (Å²) in [6.07, 6.45) is 3.54. The van der Waals surface area contributed by atoms with Crippen LogP contribution in [-0.4, -0.2) is 35.1 Å². The molecule has 6 heteroatoms. The fraction of sp³-hybridized carbons (Fsp3) is 0.444.